The lowest BCUT2D eigenvalue weighted by Crippen LogP contribution is -2.27. The van der Waals surface area contributed by atoms with Crippen molar-refractivity contribution >= 4 is 34.8 Å². The van der Waals surface area contributed by atoms with Gasteiger partial charge >= 0.3 is 6.18 Å². The Bertz CT molecular complexity index is 2930. The Morgan fingerprint density at radius 2 is 1.06 bits per heavy atom. The second-order valence-corrected chi connectivity index (χ2v) is 14.8. The topological polar surface area (TPSA) is 143 Å². The predicted molar refractivity (Wildman–Crippen MR) is 225 cm³/mol. The highest BCUT2D eigenvalue weighted by molar-refractivity contribution is 6.32. The smallest absolute Gasteiger partial charge is 0.418 e. The van der Waals surface area contributed by atoms with E-state index in [1.165, 1.54) is 18.5 Å². The summed E-state index contributed by atoms with van der Waals surface area (Å²) >= 11 is 17.3. The number of aryl methyl sites for hydroxylation is 2. The Morgan fingerprint density at radius 1 is 0.667 bits per heavy atom. The molecule has 0 spiro atoms. The summed E-state index contributed by atoms with van der Waals surface area (Å²) in [6.07, 6.45) is 3.61. The molecule has 3 heterocycles. The third-order valence-corrected chi connectivity index (χ3v) is 9.74. The Hall–Kier alpha value is -6.29. The van der Waals surface area contributed by atoms with Gasteiger partial charge in [0.15, 0.2) is 17.5 Å². The van der Waals surface area contributed by atoms with Gasteiger partial charge in [0.1, 0.15) is 40.9 Å². The summed E-state index contributed by atoms with van der Waals surface area (Å²) in [4.78, 5) is 36.3. The fourth-order valence-electron chi connectivity index (χ4n) is 5.21. The van der Waals surface area contributed by atoms with Crippen LogP contribution in [-0.4, -0.2) is 47.2 Å². The van der Waals surface area contributed by atoms with E-state index >= 15 is 0 Å². The number of halogens is 9. The first-order valence-corrected chi connectivity index (χ1v) is 19.2. The number of terminal acetylenes is 1. The number of hydrogen-bond acceptors (Lipinski definition) is 9. The normalized spacial score (nSPS) is 11.0. The molecule has 21 heteroatoms. The van der Waals surface area contributed by atoms with Gasteiger partial charge in [-0.1, -0.05) is 40.7 Å². The highest BCUT2D eigenvalue weighted by atomic mass is 35.5. The van der Waals surface area contributed by atoms with Gasteiger partial charge in [-0.05, 0) is 77.8 Å². The van der Waals surface area contributed by atoms with Crippen LogP contribution in [0.5, 0.6) is 17.2 Å². The molecule has 0 bridgehead atoms. The third-order valence-electron chi connectivity index (χ3n) is 8.85. The number of rotatable bonds is 7. The van der Waals surface area contributed by atoms with Gasteiger partial charge in [0.05, 0.1) is 45.3 Å². The molecule has 1 N–H and O–H groups in total. The fourth-order valence-corrected chi connectivity index (χ4v) is 5.76. The number of benzene rings is 3. The van der Waals surface area contributed by atoms with E-state index in [2.05, 4.69) is 21.2 Å². The standard InChI is InChI=1S/C15H9ClF4N2O2.C15H16ClFN2O2.C12H10ClFN2O2/c1-3-4-24-13-6-12(11(17)5-10(13)16)22-14(23)8(2)9(7-21-22)15(18,19)20;1-8(2)21-14-6-13(12(17)5-11(14)16)19-15(20)10(4)9(3)7-18-19;1-6-5-15-16(12(18)7(6)2)10-4-11(17)8(13)3-9(10)14/h1,5-7H,4H2,2H3;5-8H,1-4H3;3-5,17H,1-2H3. The lowest BCUT2D eigenvalue weighted by Gasteiger charge is -2.14. The zero-order valence-corrected chi connectivity index (χ0v) is 36.4. The van der Waals surface area contributed by atoms with E-state index < -0.39 is 51.6 Å². The number of alkyl halides is 3. The van der Waals surface area contributed by atoms with Crippen molar-refractivity contribution in [3.05, 3.63) is 152 Å². The average molecular weight is 940 g/mol. The van der Waals surface area contributed by atoms with Crippen LogP contribution >= 0.6 is 34.8 Å². The van der Waals surface area contributed by atoms with E-state index in [9.17, 15) is 45.8 Å². The summed E-state index contributed by atoms with van der Waals surface area (Å²) in [5.74, 6) is -0.156. The zero-order chi connectivity index (χ0) is 47.2. The Balaban J connectivity index is 0.000000209. The van der Waals surface area contributed by atoms with Gasteiger partial charge in [-0.3, -0.25) is 14.4 Å². The molecule has 332 valence electrons. The van der Waals surface area contributed by atoms with E-state index in [0.717, 1.165) is 57.7 Å². The number of hydrogen-bond donors (Lipinski definition) is 1. The predicted octanol–water partition coefficient (Wildman–Crippen LogP) is 9.14. The number of phenolic OH excluding ortho intramolecular Hbond substituents is 1. The van der Waals surface area contributed by atoms with E-state index in [0.29, 0.717) is 27.8 Å². The van der Waals surface area contributed by atoms with Crippen LogP contribution in [-0.2, 0) is 6.18 Å². The van der Waals surface area contributed by atoms with Gasteiger partial charge in [0, 0.05) is 34.9 Å². The number of aromatic nitrogens is 6. The van der Waals surface area contributed by atoms with Gasteiger partial charge in [-0.15, -0.1) is 6.42 Å². The van der Waals surface area contributed by atoms with Gasteiger partial charge in [0.2, 0.25) is 0 Å². The zero-order valence-electron chi connectivity index (χ0n) is 34.1. The van der Waals surface area contributed by atoms with Crippen LogP contribution in [0, 0.1) is 64.4 Å². The first-order chi connectivity index (χ1) is 29.4. The lowest BCUT2D eigenvalue weighted by atomic mass is 10.2. The maximum Gasteiger partial charge on any atom is 0.418 e. The van der Waals surface area contributed by atoms with Crippen LogP contribution in [0.4, 0.5) is 26.3 Å². The summed E-state index contributed by atoms with van der Waals surface area (Å²) in [6, 6.07) is 6.41. The molecule has 0 amide bonds. The molecule has 0 unspecified atom stereocenters. The Morgan fingerprint density at radius 3 is 1.51 bits per heavy atom. The van der Waals surface area contributed by atoms with Crippen molar-refractivity contribution in [3.8, 4) is 46.7 Å². The highest BCUT2D eigenvalue weighted by Gasteiger charge is 2.34. The van der Waals surface area contributed by atoms with E-state index in [1.54, 1.807) is 27.7 Å². The van der Waals surface area contributed by atoms with Crippen molar-refractivity contribution in [2.75, 3.05) is 6.61 Å². The molecule has 0 saturated carbocycles. The summed E-state index contributed by atoms with van der Waals surface area (Å²) in [6.45, 7) is 11.3. The van der Waals surface area contributed by atoms with Crippen molar-refractivity contribution in [2.24, 2.45) is 0 Å². The van der Waals surface area contributed by atoms with Crippen LogP contribution in [0.15, 0.2) is 69.4 Å². The molecule has 0 radical (unpaired) electrons. The van der Waals surface area contributed by atoms with Gasteiger partial charge < -0.3 is 14.6 Å². The van der Waals surface area contributed by atoms with Crippen LogP contribution in [0.25, 0.3) is 17.1 Å². The van der Waals surface area contributed by atoms with Crippen molar-refractivity contribution in [3.63, 3.8) is 0 Å². The molecule has 3 aromatic heterocycles. The van der Waals surface area contributed by atoms with Crippen LogP contribution < -0.4 is 26.2 Å². The van der Waals surface area contributed by atoms with Crippen molar-refractivity contribution in [1.82, 2.24) is 29.3 Å². The van der Waals surface area contributed by atoms with Crippen LogP contribution in [0.2, 0.25) is 15.1 Å². The minimum Gasteiger partial charge on any atom is -0.506 e. The molecule has 6 aromatic rings. The molecular formula is C42H35Cl3F6N6O6. The van der Waals surface area contributed by atoms with Crippen LogP contribution in [0.3, 0.4) is 0 Å². The summed E-state index contributed by atoms with van der Waals surface area (Å²) in [5, 5.41) is 20.6. The fraction of sp³-hybridized carbons (Fsp3) is 0.238. The molecule has 6 rings (SSSR count). The number of nitrogens with zero attached hydrogens (tertiary/aromatic N) is 6. The molecule has 0 aliphatic rings. The molecule has 3 aromatic carbocycles. The quantitative estimate of drug-likeness (QED) is 0.123. The van der Waals surface area contributed by atoms with Gasteiger partial charge in [-0.2, -0.15) is 42.5 Å². The molecular weight excluding hydrogens is 905 g/mol. The van der Waals surface area contributed by atoms with Crippen LogP contribution in [0.1, 0.15) is 47.2 Å². The Labute approximate surface area is 369 Å². The molecule has 63 heavy (non-hydrogen) atoms. The molecule has 0 fully saturated rings. The monoisotopic (exact) mass is 938 g/mol. The number of aromatic hydroxyl groups is 1. The first-order valence-electron chi connectivity index (χ1n) is 18.1. The SMILES string of the molecule is C#CCOc1cc(-n2ncc(C(F)(F)F)c(C)c2=O)c(F)cc1Cl.Cc1cnn(-c2cc(O)c(Cl)cc2F)c(=O)c1C.Cc1cnn(-c2cc(OC(C)C)c(Cl)cc2F)c(=O)c1C. The second-order valence-electron chi connectivity index (χ2n) is 13.6. The largest absolute Gasteiger partial charge is 0.506 e. The molecule has 0 atom stereocenters. The molecule has 12 nitrogen and oxygen atoms in total. The maximum atomic E-state index is 14.1. The summed E-state index contributed by atoms with van der Waals surface area (Å²) < 4.78 is 93.3. The van der Waals surface area contributed by atoms with Crippen molar-refractivity contribution in [1.29, 1.82) is 0 Å². The van der Waals surface area contributed by atoms with Gasteiger partial charge in [0.25, 0.3) is 16.7 Å². The number of phenols is 1. The Kier molecular flexibility index (Phi) is 15.9. The second kappa shape index (κ2) is 20.3. The maximum absolute atomic E-state index is 14.1. The van der Waals surface area contributed by atoms with Crippen molar-refractivity contribution in [2.45, 2.75) is 60.7 Å². The first kappa shape index (κ1) is 49.4. The molecule has 0 saturated heterocycles. The minimum absolute atomic E-state index is 0.0168. The summed E-state index contributed by atoms with van der Waals surface area (Å²) in [7, 11) is 0. The average Bonchev–Trinajstić information content (AvgIpc) is 3.20. The van der Waals surface area contributed by atoms with E-state index in [4.69, 9.17) is 50.7 Å². The lowest BCUT2D eigenvalue weighted by molar-refractivity contribution is -0.138. The van der Waals surface area contributed by atoms with E-state index in [-0.39, 0.29) is 56.2 Å². The minimum atomic E-state index is -4.74. The summed E-state index contributed by atoms with van der Waals surface area (Å²) in [5.41, 5.74) is -1.79. The van der Waals surface area contributed by atoms with Crippen molar-refractivity contribution < 1.29 is 40.9 Å². The number of ether oxygens (including phenoxy) is 2. The third kappa shape index (κ3) is 11.4. The van der Waals surface area contributed by atoms with E-state index in [1.807, 2.05) is 13.8 Å². The molecule has 0 aliphatic carbocycles. The molecule has 0 aliphatic heterocycles. The highest BCUT2D eigenvalue weighted by Crippen LogP contribution is 2.33. The van der Waals surface area contributed by atoms with Gasteiger partial charge in [-0.25, -0.2) is 13.2 Å².